The zero-order chi connectivity index (χ0) is 21.1. The lowest BCUT2D eigenvalue weighted by molar-refractivity contribution is -0.173. The zero-order valence-electron chi connectivity index (χ0n) is 14.6. The molecule has 0 radical (unpaired) electrons. The number of carboxylic acids is 2. The maximum atomic E-state index is 11.4. The first kappa shape index (κ1) is 24.7. The molecular formula is C15H24O12. The average molecular weight is 396 g/mol. The van der Waals surface area contributed by atoms with E-state index in [4.69, 9.17) is 25.2 Å². The predicted octanol–water partition coefficient (Wildman–Crippen LogP) is -2.37. The number of carboxylic acid groups (broad SMARTS) is 2. The van der Waals surface area contributed by atoms with Crippen LogP contribution in [0.15, 0.2) is 0 Å². The van der Waals surface area contributed by atoms with Crippen molar-refractivity contribution in [2.75, 3.05) is 6.61 Å². The van der Waals surface area contributed by atoms with Gasteiger partial charge in [0.1, 0.15) is 0 Å². The second-order valence-electron chi connectivity index (χ2n) is 5.72. The number of rotatable bonds is 13. The fourth-order valence-corrected chi connectivity index (χ4v) is 1.82. The minimum Gasteiger partial charge on any atom is -0.479 e. The van der Waals surface area contributed by atoms with Gasteiger partial charge in [0.15, 0.2) is 24.4 Å². The topological polar surface area (TPSA) is 208 Å². The number of unbranched alkanes of at least 4 members (excludes halogenated alkanes) is 2. The smallest absolute Gasteiger partial charge is 0.338 e. The Balaban J connectivity index is 3.96. The predicted molar refractivity (Wildman–Crippen MR) is 84.3 cm³/mol. The summed E-state index contributed by atoms with van der Waals surface area (Å²) in [6.07, 6.45) is -7.90. The van der Waals surface area contributed by atoms with Crippen LogP contribution in [0.3, 0.4) is 0 Å². The molecule has 0 amide bonds. The molecule has 0 rings (SSSR count). The molecule has 0 aliphatic rings. The first-order valence-corrected chi connectivity index (χ1v) is 8.04. The van der Waals surface area contributed by atoms with Crippen LogP contribution in [0.4, 0.5) is 0 Å². The van der Waals surface area contributed by atoms with E-state index in [1.807, 2.05) is 0 Å². The third-order valence-corrected chi connectivity index (χ3v) is 3.40. The van der Waals surface area contributed by atoms with Gasteiger partial charge in [-0.1, -0.05) is 0 Å². The fraction of sp³-hybridized carbons (Fsp3) is 0.733. The molecule has 0 aromatic rings. The van der Waals surface area contributed by atoms with Crippen LogP contribution in [-0.2, 0) is 28.7 Å². The second-order valence-corrected chi connectivity index (χ2v) is 5.72. The van der Waals surface area contributed by atoms with Crippen LogP contribution in [0.2, 0.25) is 0 Å². The summed E-state index contributed by atoms with van der Waals surface area (Å²) in [4.78, 5) is 43.6. The number of aliphatic hydroxyl groups excluding tert-OH is 4. The summed E-state index contributed by atoms with van der Waals surface area (Å²) in [5, 5.41) is 53.4. The SMILES string of the molecule is CC(CCCCCOC(=O)C(O)C(O)C(=O)O)OC(=O)C(O)C(O)C(=O)O. The van der Waals surface area contributed by atoms with Gasteiger partial charge in [-0.2, -0.15) is 0 Å². The fourth-order valence-electron chi connectivity index (χ4n) is 1.82. The van der Waals surface area contributed by atoms with Crippen molar-refractivity contribution in [1.29, 1.82) is 0 Å². The van der Waals surface area contributed by atoms with Gasteiger partial charge in [0.2, 0.25) is 0 Å². The van der Waals surface area contributed by atoms with Crippen molar-refractivity contribution in [2.45, 2.75) is 63.1 Å². The molecule has 0 heterocycles. The van der Waals surface area contributed by atoms with Crippen LogP contribution in [-0.4, -0.2) is 91.6 Å². The van der Waals surface area contributed by atoms with E-state index in [9.17, 15) is 29.4 Å². The molecule has 0 saturated carbocycles. The van der Waals surface area contributed by atoms with Crippen LogP contribution < -0.4 is 0 Å². The highest BCUT2D eigenvalue weighted by Crippen LogP contribution is 2.09. The van der Waals surface area contributed by atoms with Gasteiger partial charge < -0.3 is 40.1 Å². The minimum absolute atomic E-state index is 0.125. The van der Waals surface area contributed by atoms with E-state index < -0.39 is 54.4 Å². The summed E-state index contributed by atoms with van der Waals surface area (Å²) in [5.41, 5.74) is 0. The van der Waals surface area contributed by atoms with Gasteiger partial charge in [-0.15, -0.1) is 0 Å². The van der Waals surface area contributed by atoms with E-state index in [1.165, 1.54) is 6.92 Å². The monoisotopic (exact) mass is 396 g/mol. The Kier molecular flexibility index (Phi) is 11.1. The summed E-state index contributed by atoms with van der Waals surface area (Å²) in [6, 6.07) is 0. The molecule has 0 aromatic carbocycles. The summed E-state index contributed by atoms with van der Waals surface area (Å²) in [7, 11) is 0. The maximum Gasteiger partial charge on any atom is 0.338 e. The van der Waals surface area contributed by atoms with Crippen molar-refractivity contribution in [1.82, 2.24) is 0 Å². The normalized spacial score (nSPS) is 16.5. The molecule has 0 fully saturated rings. The Hall–Kier alpha value is -2.28. The molecule has 156 valence electrons. The molecule has 0 spiro atoms. The molecular weight excluding hydrogens is 372 g/mol. The Bertz CT molecular complexity index is 519. The van der Waals surface area contributed by atoms with Gasteiger partial charge in [-0.05, 0) is 32.6 Å². The van der Waals surface area contributed by atoms with E-state index >= 15 is 0 Å². The van der Waals surface area contributed by atoms with Gasteiger partial charge in [0.25, 0.3) is 0 Å². The molecule has 0 saturated heterocycles. The summed E-state index contributed by atoms with van der Waals surface area (Å²) in [5.74, 6) is -6.05. The highest BCUT2D eigenvalue weighted by atomic mass is 16.6. The highest BCUT2D eigenvalue weighted by molar-refractivity contribution is 5.84. The van der Waals surface area contributed by atoms with Crippen molar-refractivity contribution in [2.24, 2.45) is 0 Å². The van der Waals surface area contributed by atoms with Crippen molar-refractivity contribution < 1.29 is 59.3 Å². The van der Waals surface area contributed by atoms with Gasteiger partial charge in [-0.3, -0.25) is 0 Å². The lowest BCUT2D eigenvalue weighted by Gasteiger charge is -2.17. The molecule has 0 aliphatic carbocycles. The van der Waals surface area contributed by atoms with Gasteiger partial charge in [-0.25, -0.2) is 19.2 Å². The average Bonchev–Trinajstić information content (AvgIpc) is 2.61. The van der Waals surface area contributed by atoms with E-state index in [0.717, 1.165) is 0 Å². The van der Waals surface area contributed by atoms with E-state index in [0.29, 0.717) is 25.7 Å². The van der Waals surface area contributed by atoms with E-state index in [2.05, 4.69) is 4.74 Å². The van der Waals surface area contributed by atoms with Gasteiger partial charge in [0, 0.05) is 0 Å². The lowest BCUT2D eigenvalue weighted by Crippen LogP contribution is -2.41. The molecule has 12 heteroatoms. The lowest BCUT2D eigenvalue weighted by atomic mass is 10.1. The summed E-state index contributed by atoms with van der Waals surface area (Å²) < 4.78 is 9.41. The van der Waals surface area contributed by atoms with Crippen LogP contribution in [0.5, 0.6) is 0 Å². The summed E-state index contributed by atoms with van der Waals surface area (Å²) in [6.45, 7) is 1.38. The number of aliphatic carboxylic acids is 2. The second kappa shape index (κ2) is 12.2. The molecule has 6 N–H and O–H groups in total. The van der Waals surface area contributed by atoms with Crippen molar-refractivity contribution in [3.8, 4) is 0 Å². The van der Waals surface area contributed by atoms with Crippen LogP contribution in [0, 0.1) is 0 Å². The number of carbonyl (C=O) groups is 4. The molecule has 0 bridgehead atoms. The third kappa shape index (κ3) is 9.28. The molecule has 0 aromatic heterocycles. The zero-order valence-corrected chi connectivity index (χ0v) is 14.6. The Morgan fingerprint density at radius 3 is 1.70 bits per heavy atom. The standard InChI is InChI=1S/C15H24O12/c1-7(27-15(25)11(19)9(17)13(22)23)5-3-2-4-6-26-14(24)10(18)8(16)12(20)21/h7-11,16-19H,2-6H2,1H3,(H,20,21)(H,22,23). The number of ether oxygens (including phenoxy) is 2. The number of carbonyl (C=O) groups excluding carboxylic acids is 2. The first-order chi connectivity index (χ1) is 12.5. The van der Waals surface area contributed by atoms with Crippen molar-refractivity contribution in [3.05, 3.63) is 0 Å². The van der Waals surface area contributed by atoms with Crippen molar-refractivity contribution >= 4 is 23.9 Å². The minimum atomic E-state index is -2.28. The van der Waals surface area contributed by atoms with Crippen LogP contribution in [0.1, 0.15) is 32.6 Å². The van der Waals surface area contributed by atoms with Gasteiger partial charge in [0.05, 0.1) is 12.7 Å². The maximum absolute atomic E-state index is 11.4. The molecule has 5 unspecified atom stereocenters. The molecule has 0 aliphatic heterocycles. The molecule has 27 heavy (non-hydrogen) atoms. The number of hydrogen-bond donors (Lipinski definition) is 6. The largest absolute Gasteiger partial charge is 0.479 e. The van der Waals surface area contributed by atoms with E-state index in [-0.39, 0.29) is 6.61 Å². The van der Waals surface area contributed by atoms with Crippen LogP contribution in [0.25, 0.3) is 0 Å². The number of esters is 2. The highest BCUT2D eigenvalue weighted by Gasteiger charge is 2.32. The first-order valence-electron chi connectivity index (χ1n) is 8.04. The number of hydrogen-bond acceptors (Lipinski definition) is 10. The Labute approximate surface area is 153 Å². The summed E-state index contributed by atoms with van der Waals surface area (Å²) >= 11 is 0. The van der Waals surface area contributed by atoms with Crippen LogP contribution >= 0.6 is 0 Å². The van der Waals surface area contributed by atoms with Gasteiger partial charge >= 0.3 is 23.9 Å². The number of aliphatic hydroxyl groups is 4. The third-order valence-electron chi connectivity index (χ3n) is 3.40. The molecule has 5 atom stereocenters. The quantitative estimate of drug-likeness (QED) is 0.143. The molecule has 12 nitrogen and oxygen atoms in total. The van der Waals surface area contributed by atoms with E-state index in [1.54, 1.807) is 0 Å². The Morgan fingerprint density at radius 1 is 0.741 bits per heavy atom. The Morgan fingerprint density at radius 2 is 1.22 bits per heavy atom. The van der Waals surface area contributed by atoms with Crippen molar-refractivity contribution in [3.63, 3.8) is 0 Å².